The van der Waals surface area contributed by atoms with Crippen LogP contribution in [0.2, 0.25) is 5.02 Å². The van der Waals surface area contributed by atoms with Crippen LogP contribution in [0.3, 0.4) is 0 Å². The van der Waals surface area contributed by atoms with Crippen molar-refractivity contribution >= 4 is 23.7 Å². The van der Waals surface area contributed by atoms with Gasteiger partial charge >= 0.3 is 0 Å². The summed E-state index contributed by atoms with van der Waals surface area (Å²) in [6.07, 6.45) is 7.73. The highest BCUT2D eigenvalue weighted by Gasteiger charge is 2.13. The summed E-state index contributed by atoms with van der Waals surface area (Å²) in [5.74, 6) is 0.624. The van der Waals surface area contributed by atoms with Gasteiger partial charge in [-0.25, -0.2) is 5.43 Å². The van der Waals surface area contributed by atoms with Crippen LogP contribution in [0.5, 0.6) is 5.75 Å². The highest BCUT2D eigenvalue weighted by atomic mass is 35.5. The lowest BCUT2D eigenvalue weighted by molar-refractivity contribution is -0.120. The fourth-order valence-corrected chi connectivity index (χ4v) is 3.38. The molecule has 2 aromatic rings. The zero-order valence-electron chi connectivity index (χ0n) is 15.9. The zero-order valence-corrected chi connectivity index (χ0v) is 16.6. The lowest BCUT2D eigenvalue weighted by atomic mass is 9.95. The number of carbonyl (C=O) groups is 1. The molecule has 6 heteroatoms. The first-order valence-corrected chi connectivity index (χ1v) is 10.1. The van der Waals surface area contributed by atoms with Crippen molar-refractivity contribution in [1.82, 2.24) is 10.7 Å². The number of ether oxygens (including phenoxy) is 1. The molecule has 148 valence electrons. The summed E-state index contributed by atoms with van der Waals surface area (Å²) in [6.45, 7) is 0.716. The standard InChI is InChI=1S/C22H26ClN3O2/c23-21-9-5-4-6-18(21)16-28-20-12-10-17(11-13-20)14-25-26-22(27)15-24-19-7-2-1-3-8-19/h4-6,9-14,19,24H,1-3,7-8,15-16H2,(H,26,27)/b25-14-. The van der Waals surface area contributed by atoms with Crippen LogP contribution in [-0.4, -0.2) is 24.7 Å². The van der Waals surface area contributed by atoms with Gasteiger partial charge in [0.25, 0.3) is 5.91 Å². The van der Waals surface area contributed by atoms with Crippen molar-refractivity contribution in [1.29, 1.82) is 0 Å². The number of benzene rings is 2. The summed E-state index contributed by atoms with van der Waals surface area (Å²) >= 11 is 6.13. The monoisotopic (exact) mass is 399 g/mol. The van der Waals surface area contributed by atoms with E-state index in [2.05, 4.69) is 15.8 Å². The summed E-state index contributed by atoms with van der Waals surface area (Å²) in [5.41, 5.74) is 4.38. The quantitative estimate of drug-likeness (QED) is 0.514. The minimum atomic E-state index is -0.124. The van der Waals surface area contributed by atoms with Crippen LogP contribution in [0.1, 0.15) is 43.2 Å². The molecule has 0 atom stereocenters. The smallest absolute Gasteiger partial charge is 0.254 e. The Hall–Kier alpha value is -2.37. The Kier molecular flexibility index (Phi) is 7.88. The molecule has 1 fully saturated rings. The molecule has 0 saturated heterocycles. The van der Waals surface area contributed by atoms with Crippen molar-refractivity contribution in [2.24, 2.45) is 5.10 Å². The van der Waals surface area contributed by atoms with E-state index in [-0.39, 0.29) is 5.91 Å². The molecule has 0 aliphatic heterocycles. The number of halogens is 1. The third-order valence-corrected chi connectivity index (χ3v) is 5.16. The lowest BCUT2D eigenvalue weighted by Gasteiger charge is -2.22. The molecule has 0 unspecified atom stereocenters. The number of nitrogens with one attached hydrogen (secondary N) is 2. The first-order chi connectivity index (χ1) is 13.7. The van der Waals surface area contributed by atoms with Crippen molar-refractivity contribution in [3.8, 4) is 5.75 Å². The second-order valence-electron chi connectivity index (χ2n) is 6.96. The fraction of sp³-hybridized carbons (Fsp3) is 0.364. The van der Waals surface area contributed by atoms with E-state index in [9.17, 15) is 4.79 Å². The predicted octanol–water partition coefficient (Wildman–Crippen LogP) is 4.29. The van der Waals surface area contributed by atoms with Crippen molar-refractivity contribution in [3.05, 3.63) is 64.7 Å². The Balaban J connectivity index is 1.39. The number of carbonyl (C=O) groups excluding carboxylic acids is 1. The second-order valence-corrected chi connectivity index (χ2v) is 7.37. The maximum Gasteiger partial charge on any atom is 0.254 e. The molecule has 3 rings (SSSR count). The van der Waals surface area contributed by atoms with Crippen LogP contribution in [0.4, 0.5) is 0 Å². The molecule has 0 aromatic heterocycles. The zero-order chi connectivity index (χ0) is 19.6. The van der Waals surface area contributed by atoms with Gasteiger partial charge in [-0.1, -0.05) is 49.1 Å². The molecule has 2 aromatic carbocycles. The van der Waals surface area contributed by atoms with Gasteiger partial charge in [0, 0.05) is 16.6 Å². The molecule has 1 amide bonds. The molecule has 2 N–H and O–H groups in total. The number of rotatable bonds is 8. The van der Waals surface area contributed by atoms with E-state index in [1.807, 2.05) is 48.5 Å². The molecule has 0 bridgehead atoms. The van der Waals surface area contributed by atoms with Gasteiger partial charge in [0.1, 0.15) is 12.4 Å². The van der Waals surface area contributed by atoms with Gasteiger partial charge in [0.2, 0.25) is 0 Å². The molecular weight excluding hydrogens is 374 g/mol. The van der Waals surface area contributed by atoms with E-state index >= 15 is 0 Å². The predicted molar refractivity (Wildman–Crippen MR) is 113 cm³/mol. The van der Waals surface area contributed by atoms with E-state index in [0.29, 0.717) is 24.2 Å². The second kappa shape index (κ2) is 10.8. The number of hydrazone groups is 1. The van der Waals surface area contributed by atoms with Gasteiger partial charge in [-0.3, -0.25) is 4.79 Å². The van der Waals surface area contributed by atoms with Gasteiger partial charge in [0.05, 0.1) is 12.8 Å². The van der Waals surface area contributed by atoms with Gasteiger partial charge in [-0.15, -0.1) is 0 Å². The van der Waals surface area contributed by atoms with E-state index in [1.54, 1.807) is 6.21 Å². The normalized spacial score (nSPS) is 14.9. The molecule has 5 nitrogen and oxygen atoms in total. The molecule has 0 spiro atoms. The van der Waals surface area contributed by atoms with Gasteiger partial charge < -0.3 is 10.1 Å². The Morgan fingerprint density at radius 2 is 1.86 bits per heavy atom. The maximum absolute atomic E-state index is 11.9. The van der Waals surface area contributed by atoms with Crippen molar-refractivity contribution in [2.45, 2.75) is 44.8 Å². The molecule has 0 heterocycles. The minimum absolute atomic E-state index is 0.124. The average Bonchev–Trinajstić information content (AvgIpc) is 2.73. The van der Waals surface area contributed by atoms with Gasteiger partial charge in [-0.2, -0.15) is 5.10 Å². The average molecular weight is 400 g/mol. The number of hydrogen-bond acceptors (Lipinski definition) is 4. The summed E-state index contributed by atoms with van der Waals surface area (Å²) in [6, 6.07) is 15.6. The third-order valence-electron chi connectivity index (χ3n) is 4.79. The molecule has 0 radical (unpaired) electrons. The first-order valence-electron chi connectivity index (χ1n) is 9.72. The van der Waals surface area contributed by atoms with E-state index in [1.165, 1.54) is 19.3 Å². The summed E-state index contributed by atoms with van der Waals surface area (Å²) in [5, 5.41) is 8.01. The Labute approximate surface area is 171 Å². The third kappa shape index (κ3) is 6.66. The Morgan fingerprint density at radius 3 is 2.61 bits per heavy atom. The highest BCUT2D eigenvalue weighted by Crippen LogP contribution is 2.19. The number of amides is 1. The number of hydrogen-bond donors (Lipinski definition) is 2. The summed E-state index contributed by atoms with van der Waals surface area (Å²) in [4.78, 5) is 11.9. The Bertz CT molecular complexity index is 787. The lowest BCUT2D eigenvalue weighted by Crippen LogP contribution is -2.38. The van der Waals surface area contributed by atoms with Crippen LogP contribution in [-0.2, 0) is 11.4 Å². The first kappa shape index (κ1) is 20.4. The molecule has 1 aliphatic carbocycles. The van der Waals surface area contributed by atoms with E-state index in [0.717, 1.165) is 29.7 Å². The molecular formula is C22H26ClN3O2. The number of nitrogens with zero attached hydrogens (tertiary/aromatic N) is 1. The fourth-order valence-electron chi connectivity index (χ4n) is 3.19. The highest BCUT2D eigenvalue weighted by molar-refractivity contribution is 6.31. The molecule has 1 saturated carbocycles. The maximum atomic E-state index is 11.9. The van der Waals surface area contributed by atoms with Crippen LogP contribution in [0.25, 0.3) is 0 Å². The summed E-state index contributed by atoms with van der Waals surface area (Å²) < 4.78 is 5.75. The largest absolute Gasteiger partial charge is 0.489 e. The van der Waals surface area contributed by atoms with Gasteiger partial charge in [0.15, 0.2) is 0 Å². The van der Waals surface area contributed by atoms with E-state index < -0.39 is 0 Å². The van der Waals surface area contributed by atoms with Crippen molar-refractivity contribution < 1.29 is 9.53 Å². The van der Waals surface area contributed by atoms with Gasteiger partial charge in [-0.05, 0) is 48.7 Å². The van der Waals surface area contributed by atoms with Crippen LogP contribution < -0.4 is 15.5 Å². The Morgan fingerprint density at radius 1 is 1.11 bits per heavy atom. The van der Waals surface area contributed by atoms with Crippen molar-refractivity contribution in [3.63, 3.8) is 0 Å². The van der Waals surface area contributed by atoms with Crippen LogP contribution >= 0.6 is 11.6 Å². The van der Waals surface area contributed by atoms with E-state index in [4.69, 9.17) is 16.3 Å². The van der Waals surface area contributed by atoms with Crippen LogP contribution in [0, 0.1) is 0 Å². The molecule has 1 aliphatic rings. The SMILES string of the molecule is O=C(CNC1CCCCC1)N/N=C\c1ccc(OCc2ccccc2Cl)cc1. The topological polar surface area (TPSA) is 62.7 Å². The minimum Gasteiger partial charge on any atom is -0.489 e. The van der Waals surface area contributed by atoms with Crippen molar-refractivity contribution in [2.75, 3.05) is 6.54 Å². The van der Waals surface area contributed by atoms with Crippen LogP contribution in [0.15, 0.2) is 53.6 Å². The summed E-state index contributed by atoms with van der Waals surface area (Å²) in [7, 11) is 0. The molecule has 28 heavy (non-hydrogen) atoms.